The molecule has 0 spiro atoms. The van der Waals surface area contributed by atoms with Crippen molar-refractivity contribution < 1.29 is 15.7 Å². The summed E-state index contributed by atoms with van der Waals surface area (Å²) in [6.45, 7) is 0. The number of amides is 1. The van der Waals surface area contributed by atoms with E-state index in [1.165, 1.54) is 32.1 Å². The van der Waals surface area contributed by atoms with Gasteiger partial charge < -0.3 is 16.3 Å². The highest BCUT2D eigenvalue weighted by Gasteiger charge is 2.13. The second kappa shape index (κ2) is 10.9. The highest BCUT2D eigenvalue weighted by atomic mass is 32.2. The van der Waals surface area contributed by atoms with E-state index in [2.05, 4.69) is 10.0 Å². The highest BCUT2D eigenvalue weighted by Crippen LogP contribution is 2.23. The van der Waals surface area contributed by atoms with E-state index in [4.69, 9.17) is 0 Å². The molecule has 5 nitrogen and oxygen atoms in total. The highest BCUT2D eigenvalue weighted by molar-refractivity contribution is 7.97. The smallest absolute Gasteiger partial charge is 0.255 e. The zero-order valence-corrected chi connectivity index (χ0v) is 14.9. The first kappa shape index (κ1) is 21.2. The Balaban J connectivity index is 0.00000156. The molecule has 0 radical (unpaired) electrons. The largest absolute Gasteiger partial charge is 0.412 e. The molecule has 0 aliphatic heterocycles. The Morgan fingerprint density at radius 2 is 1.64 bits per heavy atom. The minimum Gasteiger partial charge on any atom is -0.412 e. The van der Waals surface area contributed by atoms with Crippen LogP contribution < -0.4 is 10.0 Å². The third-order valence-corrected chi connectivity index (χ3v) is 5.02. The van der Waals surface area contributed by atoms with Gasteiger partial charge in [0.2, 0.25) is 0 Å². The van der Waals surface area contributed by atoms with Crippen molar-refractivity contribution in [2.75, 3.05) is 5.32 Å². The fourth-order valence-electron chi connectivity index (χ4n) is 2.80. The second-order valence-corrected chi connectivity index (χ2v) is 6.81. The van der Waals surface area contributed by atoms with Crippen LogP contribution in [0.25, 0.3) is 0 Å². The fourth-order valence-corrected chi connectivity index (χ4v) is 3.67. The number of rotatable bonds is 5. The molecule has 0 aromatic heterocycles. The van der Waals surface area contributed by atoms with Gasteiger partial charge in [-0.15, -0.1) is 0 Å². The number of anilines is 1. The summed E-state index contributed by atoms with van der Waals surface area (Å²) in [5.74, 6) is -0.0729. The number of carbonyl (C=O) groups excluding carboxylic acids is 1. The van der Waals surface area contributed by atoms with E-state index >= 15 is 0 Å². The van der Waals surface area contributed by atoms with Gasteiger partial charge in [-0.25, -0.2) is 0 Å². The maximum absolute atomic E-state index is 12.3. The van der Waals surface area contributed by atoms with Crippen LogP contribution in [-0.2, 0) is 0 Å². The molecule has 6 N–H and O–H groups in total. The van der Waals surface area contributed by atoms with Gasteiger partial charge in [0.1, 0.15) is 0 Å². The molecule has 1 aliphatic rings. The van der Waals surface area contributed by atoms with Gasteiger partial charge in [0.25, 0.3) is 5.91 Å². The first-order chi connectivity index (χ1) is 11.3. The van der Waals surface area contributed by atoms with Crippen LogP contribution in [0.4, 0.5) is 5.69 Å². The van der Waals surface area contributed by atoms with E-state index in [1.54, 1.807) is 11.9 Å². The van der Waals surface area contributed by atoms with Gasteiger partial charge in [-0.3, -0.25) is 9.52 Å². The average Bonchev–Trinajstić information content (AvgIpc) is 2.62. The van der Waals surface area contributed by atoms with Crippen molar-refractivity contribution in [2.24, 2.45) is 0 Å². The Morgan fingerprint density at radius 1 is 0.920 bits per heavy atom. The minimum atomic E-state index is -0.0729. The van der Waals surface area contributed by atoms with Crippen molar-refractivity contribution in [3.05, 3.63) is 60.2 Å². The lowest BCUT2D eigenvalue weighted by Gasteiger charge is -2.22. The molecule has 1 saturated carbocycles. The lowest BCUT2D eigenvalue weighted by atomic mass is 9.96. The Labute approximate surface area is 153 Å². The normalized spacial score (nSPS) is 14.1. The summed E-state index contributed by atoms with van der Waals surface area (Å²) in [5, 5.41) is 2.92. The Kier molecular flexibility index (Phi) is 9.23. The third kappa shape index (κ3) is 6.51. The monoisotopic (exact) mass is 362 g/mol. The molecule has 0 atom stereocenters. The van der Waals surface area contributed by atoms with Gasteiger partial charge in [-0.2, -0.15) is 0 Å². The number of nitrogens with one attached hydrogen (secondary N) is 2. The van der Waals surface area contributed by atoms with Crippen molar-refractivity contribution in [2.45, 2.75) is 43.0 Å². The topological polar surface area (TPSA) is 104 Å². The van der Waals surface area contributed by atoms with E-state index in [-0.39, 0.29) is 16.9 Å². The van der Waals surface area contributed by atoms with E-state index in [0.29, 0.717) is 11.6 Å². The Bertz CT molecular complexity index is 646. The summed E-state index contributed by atoms with van der Waals surface area (Å²) in [6.07, 6.45) is 6.50. The molecule has 1 aliphatic carbocycles. The van der Waals surface area contributed by atoms with Crippen molar-refractivity contribution in [1.82, 2.24) is 4.72 Å². The molecule has 1 fully saturated rings. The fraction of sp³-hybridized carbons (Fsp3) is 0.316. The van der Waals surface area contributed by atoms with Crippen LogP contribution in [0.5, 0.6) is 0 Å². The number of hydrogen-bond acceptors (Lipinski definition) is 3. The molecule has 25 heavy (non-hydrogen) atoms. The molecule has 2 aromatic rings. The van der Waals surface area contributed by atoms with Crippen LogP contribution in [0.15, 0.2) is 59.5 Å². The predicted molar refractivity (Wildman–Crippen MR) is 104 cm³/mol. The van der Waals surface area contributed by atoms with E-state index in [1.807, 2.05) is 54.6 Å². The molecule has 3 rings (SSSR count). The van der Waals surface area contributed by atoms with Crippen molar-refractivity contribution >= 4 is 23.5 Å². The molecule has 0 heterocycles. The van der Waals surface area contributed by atoms with Gasteiger partial charge in [0.05, 0.1) is 0 Å². The van der Waals surface area contributed by atoms with Crippen LogP contribution in [0, 0.1) is 0 Å². The van der Waals surface area contributed by atoms with Gasteiger partial charge >= 0.3 is 0 Å². The zero-order chi connectivity index (χ0) is 15.9. The molecule has 1 amide bonds. The lowest BCUT2D eigenvalue weighted by molar-refractivity contribution is 0.102. The van der Waals surface area contributed by atoms with Crippen LogP contribution in [0.2, 0.25) is 0 Å². The van der Waals surface area contributed by atoms with Crippen LogP contribution in [0.1, 0.15) is 42.5 Å². The van der Waals surface area contributed by atoms with E-state index in [0.717, 1.165) is 10.6 Å². The SMILES string of the molecule is O.O.O=C(Nc1ccccc1)c1cccc(SNC2CCCCC2)c1. The summed E-state index contributed by atoms with van der Waals surface area (Å²) in [4.78, 5) is 13.4. The van der Waals surface area contributed by atoms with Crippen LogP contribution in [0.3, 0.4) is 0 Å². The average molecular weight is 362 g/mol. The van der Waals surface area contributed by atoms with E-state index in [9.17, 15) is 4.79 Å². The number of hydrogen-bond donors (Lipinski definition) is 2. The van der Waals surface area contributed by atoms with Gasteiger partial charge in [0, 0.05) is 22.2 Å². The second-order valence-electron chi connectivity index (χ2n) is 5.90. The number of benzene rings is 2. The predicted octanol–water partition coefficient (Wildman–Crippen LogP) is 3.22. The van der Waals surface area contributed by atoms with Gasteiger partial charge in [-0.05, 0) is 55.1 Å². The summed E-state index contributed by atoms with van der Waals surface area (Å²) < 4.78 is 3.54. The lowest BCUT2D eigenvalue weighted by Crippen LogP contribution is -2.25. The summed E-state index contributed by atoms with van der Waals surface area (Å²) >= 11 is 1.63. The van der Waals surface area contributed by atoms with Crippen molar-refractivity contribution in [3.63, 3.8) is 0 Å². The molecule has 136 valence electrons. The van der Waals surface area contributed by atoms with Gasteiger partial charge in [-0.1, -0.05) is 43.5 Å². The molecule has 2 aromatic carbocycles. The quantitative estimate of drug-likeness (QED) is 0.798. The third-order valence-electron chi connectivity index (χ3n) is 4.08. The summed E-state index contributed by atoms with van der Waals surface area (Å²) in [6, 6.07) is 17.9. The van der Waals surface area contributed by atoms with Crippen molar-refractivity contribution in [3.8, 4) is 0 Å². The standard InChI is InChI=1S/C19H22N2OS.2H2O/c22-19(20-16-9-3-1-4-10-16)15-8-7-13-18(14-15)23-21-17-11-5-2-6-12-17;;/h1,3-4,7-10,13-14,17,21H,2,5-6,11-12H2,(H,20,22);2*1H2. The summed E-state index contributed by atoms with van der Waals surface area (Å²) in [5.41, 5.74) is 1.50. The molecule has 0 bridgehead atoms. The van der Waals surface area contributed by atoms with Gasteiger partial charge in [0.15, 0.2) is 0 Å². The maximum Gasteiger partial charge on any atom is 0.255 e. The Hall–Kier alpha value is -1.86. The number of carbonyl (C=O) groups is 1. The van der Waals surface area contributed by atoms with E-state index < -0.39 is 0 Å². The molecule has 0 saturated heterocycles. The zero-order valence-electron chi connectivity index (χ0n) is 14.1. The Morgan fingerprint density at radius 3 is 2.36 bits per heavy atom. The molecular formula is C19H26N2O3S. The van der Waals surface area contributed by atoms with Crippen molar-refractivity contribution in [1.29, 1.82) is 0 Å². The minimum absolute atomic E-state index is 0. The van der Waals surface area contributed by atoms with Crippen LogP contribution >= 0.6 is 11.9 Å². The molecular weight excluding hydrogens is 336 g/mol. The first-order valence-electron chi connectivity index (χ1n) is 8.20. The van der Waals surface area contributed by atoms with Crippen LogP contribution in [-0.4, -0.2) is 22.9 Å². The first-order valence-corrected chi connectivity index (χ1v) is 9.02. The number of para-hydroxylation sites is 1. The maximum atomic E-state index is 12.3. The molecule has 6 heteroatoms. The summed E-state index contributed by atoms with van der Waals surface area (Å²) in [7, 11) is 0. The molecule has 0 unspecified atom stereocenters.